The van der Waals surface area contributed by atoms with Crippen LogP contribution in [0.4, 0.5) is 0 Å². The van der Waals surface area contributed by atoms with Crippen LogP contribution in [-0.2, 0) is 11.2 Å². The lowest BCUT2D eigenvalue weighted by atomic mass is 9.87. The van der Waals surface area contributed by atoms with Crippen molar-refractivity contribution in [2.24, 2.45) is 0 Å². The summed E-state index contributed by atoms with van der Waals surface area (Å²) in [6.45, 7) is 7.03. The predicted molar refractivity (Wildman–Crippen MR) is 75.1 cm³/mol. The van der Waals surface area contributed by atoms with Gasteiger partial charge in [0.05, 0.1) is 23.4 Å². The van der Waals surface area contributed by atoms with Crippen LogP contribution in [0.1, 0.15) is 58.2 Å². The SMILES string of the molecule is CCC(CC)n1ccc(CC2(O)CCOC(C)C2)n1. The van der Waals surface area contributed by atoms with Crippen molar-refractivity contribution in [2.75, 3.05) is 6.61 Å². The van der Waals surface area contributed by atoms with E-state index in [-0.39, 0.29) is 6.10 Å². The van der Waals surface area contributed by atoms with Crippen molar-refractivity contribution in [3.63, 3.8) is 0 Å². The molecule has 1 fully saturated rings. The van der Waals surface area contributed by atoms with Gasteiger partial charge in [-0.25, -0.2) is 0 Å². The van der Waals surface area contributed by atoms with Crippen LogP contribution in [0.25, 0.3) is 0 Å². The first-order valence-electron chi connectivity index (χ1n) is 7.44. The highest BCUT2D eigenvalue weighted by Gasteiger charge is 2.34. The molecule has 1 aromatic rings. The first-order chi connectivity index (χ1) is 9.06. The van der Waals surface area contributed by atoms with E-state index in [1.807, 2.05) is 23.9 Å². The zero-order valence-electron chi connectivity index (χ0n) is 12.3. The smallest absolute Gasteiger partial charge is 0.0750 e. The van der Waals surface area contributed by atoms with Crippen LogP contribution in [0.2, 0.25) is 0 Å². The summed E-state index contributed by atoms with van der Waals surface area (Å²) in [7, 11) is 0. The standard InChI is InChI=1S/C15H26N2O2/c1-4-14(5-2)17-8-6-13(16-17)11-15(18)7-9-19-12(3)10-15/h6,8,12,14,18H,4-5,7,9-11H2,1-3H3. The van der Waals surface area contributed by atoms with E-state index >= 15 is 0 Å². The Kier molecular flexibility index (Phi) is 4.63. The zero-order chi connectivity index (χ0) is 13.9. The van der Waals surface area contributed by atoms with Gasteiger partial charge in [-0.15, -0.1) is 0 Å². The minimum Gasteiger partial charge on any atom is -0.389 e. The summed E-state index contributed by atoms with van der Waals surface area (Å²) in [5, 5.41) is 15.3. The molecule has 1 saturated heterocycles. The number of rotatable bonds is 5. The van der Waals surface area contributed by atoms with Crippen molar-refractivity contribution in [1.82, 2.24) is 9.78 Å². The number of hydrogen-bond donors (Lipinski definition) is 1. The van der Waals surface area contributed by atoms with Crippen molar-refractivity contribution in [3.05, 3.63) is 18.0 Å². The average Bonchev–Trinajstić information content (AvgIpc) is 2.78. The van der Waals surface area contributed by atoms with Crippen molar-refractivity contribution in [2.45, 2.75) is 70.6 Å². The van der Waals surface area contributed by atoms with Gasteiger partial charge < -0.3 is 9.84 Å². The number of hydrogen-bond acceptors (Lipinski definition) is 3. The maximum Gasteiger partial charge on any atom is 0.0750 e. The van der Waals surface area contributed by atoms with Crippen LogP contribution in [0.15, 0.2) is 12.3 Å². The molecule has 19 heavy (non-hydrogen) atoms. The van der Waals surface area contributed by atoms with E-state index in [0.29, 0.717) is 31.9 Å². The van der Waals surface area contributed by atoms with Crippen molar-refractivity contribution in [3.8, 4) is 0 Å². The summed E-state index contributed by atoms with van der Waals surface area (Å²) in [5.74, 6) is 0. The van der Waals surface area contributed by atoms with E-state index in [4.69, 9.17) is 4.74 Å². The normalized spacial score (nSPS) is 27.9. The summed E-state index contributed by atoms with van der Waals surface area (Å²) >= 11 is 0. The summed E-state index contributed by atoms with van der Waals surface area (Å²) < 4.78 is 7.55. The van der Waals surface area contributed by atoms with E-state index in [9.17, 15) is 5.11 Å². The Morgan fingerprint density at radius 2 is 2.26 bits per heavy atom. The second-order valence-electron chi connectivity index (χ2n) is 5.79. The molecule has 4 heteroatoms. The number of aliphatic hydroxyl groups is 1. The maximum absolute atomic E-state index is 10.6. The van der Waals surface area contributed by atoms with Gasteiger partial charge in [-0.2, -0.15) is 5.10 Å². The Hall–Kier alpha value is -0.870. The third-order valence-corrected chi connectivity index (χ3v) is 4.13. The molecule has 0 radical (unpaired) electrons. The number of nitrogens with zero attached hydrogens (tertiary/aromatic N) is 2. The Labute approximate surface area is 115 Å². The van der Waals surface area contributed by atoms with Crippen LogP contribution in [0.5, 0.6) is 0 Å². The molecule has 0 aliphatic carbocycles. The maximum atomic E-state index is 10.6. The molecule has 1 aliphatic heterocycles. The number of aromatic nitrogens is 2. The minimum absolute atomic E-state index is 0.139. The lowest BCUT2D eigenvalue weighted by Gasteiger charge is -2.35. The Balaban J connectivity index is 2.03. The fraction of sp³-hybridized carbons (Fsp3) is 0.800. The van der Waals surface area contributed by atoms with E-state index in [0.717, 1.165) is 18.5 Å². The molecule has 2 unspecified atom stereocenters. The Morgan fingerprint density at radius 3 is 2.89 bits per heavy atom. The largest absolute Gasteiger partial charge is 0.389 e. The quantitative estimate of drug-likeness (QED) is 0.891. The van der Waals surface area contributed by atoms with Gasteiger partial charge in [0.15, 0.2) is 0 Å². The van der Waals surface area contributed by atoms with E-state index < -0.39 is 5.60 Å². The molecule has 2 atom stereocenters. The van der Waals surface area contributed by atoms with Crippen molar-refractivity contribution < 1.29 is 9.84 Å². The highest BCUT2D eigenvalue weighted by Crippen LogP contribution is 2.28. The molecular formula is C15H26N2O2. The molecular weight excluding hydrogens is 240 g/mol. The minimum atomic E-state index is -0.648. The molecule has 4 nitrogen and oxygen atoms in total. The molecule has 1 aromatic heterocycles. The molecule has 0 aromatic carbocycles. The van der Waals surface area contributed by atoms with Gasteiger partial charge in [-0.1, -0.05) is 13.8 Å². The second kappa shape index (κ2) is 6.06. The molecule has 108 valence electrons. The lowest BCUT2D eigenvalue weighted by molar-refractivity contribution is -0.0965. The van der Waals surface area contributed by atoms with Gasteiger partial charge >= 0.3 is 0 Å². The summed E-state index contributed by atoms with van der Waals surface area (Å²) in [5.41, 5.74) is 0.341. The average molecular weight is 266 g/mol. The number of ether oxygens (including phenoxy) is 1. The van der Waals surface area contributed by atoms with Crippen LogP contribution in [0, 0.1) is 0 Å². The monoisotopic (exact) mass is 266 g/mol. The van der Waals surface area contributed by atoms with Crippen LogP contribution >= 0.6 is 0 Å². The molecule has 2 heterocycles. The second-order valence-corrected chi connectivity index (χ2v) is 5.79. The molecule has 1 aliphatic rings. The van der Waals surface area contributed by atoms with Crippen LogP contribution < -0.4 is 0 Å². The summed E-state index contributed by atoms with van der Waals surface area (Å²) in [6, 6.07) is 2.51. The Bertz CT molecular complexity index is 401. The fourth-order valence-corrected chi connectivity index (χ4v) is 2.98. The van der Waals surface area contributed by atoms with E-state index in [2.05, 4.69) is 18.9 Å². The van der Waals surface area contributed by atoms with Gasteiger partial charge in [0, 0.05) is 25.6 Å². The van der Waals surface area contributed by atoms with Gasteiger partial charge in [-0.05, 0) is 32.3 Å². The molecule has 0 bridgehead atoms. The molecule has 0 amide bonds. The molecule has 0 spiro atoms. The van der Waals surface area contributed by atoms with Crippen molar-refractivity contribution in [1.29, 1.82) is 0 Å². The van der Waals surface area contributed by atoms with Crippen LogP contribution in [-0.4, -0.2) is 33.2 Å². The first kappa shape index (κ1) is 14.5. The van der Waals surface area contributed by atoms with Gasteiger partial charge in [0.1, 0.15) is 0 Å². The first-order valence-corrected chi connectivity index (χ1v) is 7.44. The summed E-state index contributed by atoms with van der Waals surface area (Å²) in [4.78, 5) is 0. The molecule has 2 rings (SSSR count). The highest BCUT2D eigenvalue weighted by atomic mass is 16.5. The van der Waals surface area contributed by atoms with Gasteiger partial charge in [0.25, 0.3) is 0 Å². The third-order valence-electron chi connectivity index (χ3n) is 4.13. The molecule has 1 N–H and O–H groups in total. The van der Waals surface area contributed by atoms with Gasteiger partial charge in [-0.3, -0.25) is 4.68 Å². The lowest BCUT2D eigenvalue weighted by Crippen LogP contribution is -2.41. The molecule has 0 saturated carbocycles. The zero-order valence-corrected chi connectivity index (χ0v) is 12.3. The predicted octanol–water partition coefficient (Wildman–Crippen LogP) is 2.72. The van der Waals surface area contributed by atoms with Crippen molar-refractivity contribution >= 4 is 0 Å². The highest BCUT2D eigenvalue weighted by molar-refractivity contribution is 5.05. The summed E-state index contributed by atoms with van der Waals surface area (Å²) in [6.07, 6.45) is 6.40. The van der Waals surface area contributed by atoms with Crippen LogP contribution in [0.3, 0.4) is 0 Å². The van der Waals surface area contributed by atoms with Gasteiger partial charge in [0.2, 0.25) is 0 Å². The van der Waals surface area contributed by atoms with E-state index in [1.54, 1.807) is 0 Å². The third kappa shape index (κ3) is 3.57. The Morgan fingerprint density at radius 1 is 1.53 bits per heavy atom. The van der Waals surface area contributed by atoms with E-state index in [1.165, 1.54) is 0 Å². The topological polar surface area (TPSA) is 47.3 Å². The fourth-order valence-electron chi connectivity index (χ4n) is 2.98.